The maximum Gasteiger partial charge on any atom is 0.203 e. The van der Waals surface area contributed by atoms with Crippen molar-refractivity contribution in [3.8, 4) is 28.5 Å². The van der Waals surface area contributed by atoms with Gasteiger partial charge >= 0.3 is 0 Å². The van der Waals surface area contributed by atoms with Crippen molar-refractivity contribution >= 4 is 5.69 Å². The lowest BCUT2D eigenvalue weighted by molar-refractivity contribution is 0.211. The summed E-state index contributed by atoms with van der Waals surface area (Å²) >= 11 is 0. The minimum Gasteiger partial charge on any atom is -0.493 e. The van der Waals surface area contributed by atoms with Gasteiger partial charge in [-0.15, -0.1) is 0 Å². The normalized spacial score (nSPS) is 14.4. The van der Waals surface area contributed by atoms with E-state index in [2.05, 4.69) is 58.5 Å². The van der Waals surface area contributed by atoms with Crippen LogP contribution in [0.1, 0.15) is 43.7 Å². The molecule has 4 rings (SSSR count). The molecule has 6 nitrogen and oxygen atoms in total. The van der Waals surface area contributed by atoms with Crippen LogP contribution in [0, 0.1) is 0 Å². The van der Waals surface area contributed by atoms with E-state index < -0.39 is 0 Å². The first kappa shape index (κ1) is 25.8. The predicted octanol–water partition coefficient (Wildman–Crippen LogP) is 6.19. The number of likely N-dealkylation sites (tertiary alicyclic amines) is 1. The summed E-state index contributed by atoms with van der Waals surface area (Å²) in [5, 5.41) is 3.74. The van der Waals surface area contributed by atoms with Crippen molar-refractivity contribution in [2.75, 3.05) is 39.7 Å². The number of unbranched alkanes of at least 4 members (excludes halogenated alkanes) is 1. The highest BCUT2D eigenvalue weighted by atomic mass is 16.5. The minimum absolute atomic E-state index is 0.520. The number of ether oxygens (including phenoxy) is 3. The van der Waals surface area contributed by atoms with Crippen LogP contribution in [0.15, 0.2) is 54.7 Å². The molecule has 0 radical (unpaired) electrons. The molecule has 0 unspecified atom stereocenters. The number of rotatable bonds is 11. The molecule has 2 heterocycles. The third-order valence-electron chi connectivity index (χ3n) is 6.94. The molecule has 1 saturated heterocycles. The molecule has 1 aliphatic heterocycles. The highest BCUT2D eigenvalue weighted by Crippen LogP contribution is 2.43. The standard InChI is InChI=1S/C30H39N3O3/c1-5-6-7-22-8-10-24(11-9-22)32-25-15-18-33(19-16-25)21-23-14-17-31-27(20-23)26-12-13-28(34-2)30(36-4)29(26)35-3/h8-14,17,20,25,32H,5-7,15-16,18-19,21H2,1-4H3. The Labute approximate surface area is 215 Å². The summed E-state index contributed by atoms with van der Waals surface area (Å²) in [6.07, 6.45) is 7.82. The van der Waals surface area contributed by atoms with Crippen molar-refractivity contribution in [1.29, 1.82) is 0 Å². The molecule has 1 aliphatic rings. The number of aromatic nitrogens is 1. The van der Waals surface area contributed by atoms with E-state index in [1.165, 1.54) is 36.1 Å². The molecule has 3 aromatic rings. The van der Waals surface area contributed by atoms with Gasteiger partial charge in [-0.05, 0) is 73.2 Å². The lowest BCUT2D eigenvalue weighted by atomic mass is 10.0. The van der Waals surface area contributed by atoms with Crippen LogP contribution in [-0.4, -0.2) is 50.3 Å². The third-order valence-corrected chi connectivity index (χ3v) is 6.94. The van der Waals surface area contributed by atoms with E-state index in [0.29, 0.717) is 23.3 Å². The number of nitrogens with one attached hydrogen (secondary N) is 1. The summed E-state index contributed by atoms with van der Waals surface area (Å²) in [6, 6.07) is 17.6. The highest BCUT2D eigenvalue weighted by molar-refractivity contribution is 5.74. The zero-order valence-electron chi connectivity index (χ0n) is 22.0. The number of piperidine rings is 1. The second-order valence-corrected chi connectivity index (χ2v) is 9.43. The van der Waals surface area contributed by atoms with Crippen molar-refractivity contribution in [2.45, 2.75) is 51.6 Å². The van der Waals surface area contributed by atoms with Gasteiger partial charge in [-0.25, -0.2) is 0 Å². The highest BCUT2D eigenvalue weighted by Gasteiger charge is 2.21. The molecule has 2 aromatic carbocycles. The van der Waals surface area contributed by atoms with Gasteiger partial charge in [-0.3, -0.25) is 9.88 Å². The van der Waals surface area contributed by atoms with Crippen molar-refractivity contribution in [2.24, 2.45) is 0 Å². The number of pyridine rings is 1. The molecule has 6 heteroatoms. The summed E-state index contributed by atoms with van der Waals surface area (Å²) in [4.78, 5) is 7.14. The molecule has 1 N–H and O–H groups in total. The average molecular weight is 490 g/mol. The summed E-state index contributed by atoms with van der Waals surface area (Å²) < 4.78 is 16.7. The van der Waals surface area contributed by atoms with E-state index in [1.54, 1.807) is 21.3 Å². The molecular formula is C30H39N3O3. The Morgan fingerprint density at radius 1 is 0.889 bits per heavy atom. The van der Waals surface area contributed by atoms with Gasteiger partial charge in [0.25, 0.3) is 0 Å². The van der Waals surface area contributed by atoms with Crippen molar-refractivity contribution in [1.82, 2.24) is 9.88 Å². The Morgan fingerprint density at radius 2 is 1.64 bits per heavy atom. The van der Waals surface area contributed by atoms with Gasteiger partial charge in [0.15, 0.2) is 11.5 Å². The third kappa shape index (κ3) is 6.30. The second-order valence-electron chi connectivity index (χ2n) is 9.43. The maximum atomic E-state index is 5.68. The van der Waals surface area contributed by atoms with Crippen molar-refractivity contribution in [3.05, 3.63) is 65.9 Å². The van der Waals surface area contributed by atoms with Crippen LogP contribution < -0.4 is 19.5 Å². The summed E-state index contributed by atoms with van der Waals surface area (Å²) in [7, 11) is 4.89. The van der Waals surface area contributed by atoms with Crippen LogP contribution in [0.4, 0.5) is 5.69 Å². The zero-order valence-corrected chi connectivity index (χ0v) is 22.0. The fourth-order valence-corrected chi connectivity index (χ4v) is 4.90. The van der Waals surface area contributed by atoms with Crippen LogP contribution in [0.5, 0.6) is 17.2 Å². The summed E-state index contributed by atoms with van der Waals surface area (Å²) in [6.45, 7) is 5.29. The molecule has 0 amide bonds. The molecule has 0 bridgehead atoms. The second kappa shape index (κ2) is 12.6. The first-order chi connectivity index (χ1) is 17.6. The Hall–Kier alpha value is -3.25. The van der Waals surface area contributed by atoms with Gasteiger partial charge in [0, 0.05) is 43.1 Å². The molecule has 1 aromatic heterocycles. The van der Waals surface area contributed by atoms with Gasteiger partial charge in [-0.2, -0.15) is 0 Å². The van der Waals surface area contributed by atoms with Gasteiger partial charge in [-0.1, -0.05) is 25.5 Å². The van der Waals surface area contributed by atoms with Gasteiger partial charge in [0.2, 0.25) is 5.75 Å². The first-order valence-corrected chi connectivity index (χ1v) is 13.0. The Bertz CT molecular complexity index is 1110. The van der Waals surface area contributed by atoms with Gasteiger partial charge < -0.3 is 19.5 Å². The molecule has 0 saturated carbocycles. The Balaban J connectivity index is 1.36. The van der Waals surface area contributed by atoms with Crippen LogP contribution in [0.3, 0.4) is 0 Å². The van der Waals surface area contributed by atoms with E-state index >= 15 is 0 Å². The van der Waals surface area contributed by atoms with Crippen LogP contribution in [-0.2, 0) is 13.0 Å². The number of benzene rings is 2. The molecular weight excluding hydrogens is 450 g/mol. The zero-order chi connectivity index (χ0) is 25.3. The van der Waals surface area contributed by atoms with E-state index in [0.717, 1.165) is 43.7 Å². The molecule has 192 valence electrons. The van der Waals surface area contributed by atoms with E-state index in [9.17, 15) is 0 Å². The fourth-order valence-electron chi connectivity index (χ4n) is 4.90. The van der Waals surface area contributed by atoms with Crippen LogP contribution >= 0.6 is 0 Å². The fraction of sp³-hybridized carbons (Fsp3) is 0.433. The number of nitrogens with zero attached hydrogens (tertiary/aromatic N) is 2. The number of aryl methyl sites for hydroxylation is 1. The molecule has 0 aliphatic carbocycles. The number of hydrogen-bond acceptors (Lipinski definition) is 6. The topological polar surface area (TPSA) is 55.9 Å². The molecule has 36 heavy (non-hydrogen) atoms. The van der Waals surface area contributed by atoms with E-state index in [1.807, 2.05) is 18.3 Å². The Morgan fingerprint density at radius 3 is 2.31 bits per heavy atom. The Kier molecular flexibility index (Phi) is 9.06. The quantitative estimate of drug-likeness (QED) is 0.346. The van der Waals surface area contributed by atoms with Crippen molar-refractivity contribution in [3.63, 3.8) is 0 Å². The summed E-state index contributed by atoms with van der Waals surface area (Å²) in [5.74, 6) is 1.85. The van der Waals surface area contributed by atoms with Gasteiger partial charge in [0.1, 0.15) is 0 Å². The average Bonchev–Trinajstić information content (AvgIpc) is 2.93. The monoisotopic (exact) mass is 489 g/mol. The van der Waals surface area contributed by atoms with Gasteiger partial charge in [0.05, 0.1) is 27.0 Å². The molecule has 0 atom stereocenters. The predicted molar refractivity (Wildman–Crippen MR) is 146 cm³/mol. The van der Waals surface area contributed by atoms with Crippen LogP contribution in [0.2, 0.25) is 0 Å². The largest absolute Gasteiger partial charge is 0.493 e. The van der Waals surface area contributed by atoms with E-state index in [-0.39, 0.29) is 0 Å². The number of anilines is 1. The van der Waals surface area contributed by atoms with Crippen molar-refractivity contribution < 1.29 is 14.2 Å². The lowest BCUT2D eigenvalue weighted by Crippen LogP contribution is -2.38. The smallest absolute Gasteiger partial charge is 0.203 e. The number of hydrogen-bond donors (Lipinski definition) is 1. The number of methoxy groups -OCH3 is 3. The molecule has 0 spiro atoms. The van der Waals surface area contributed by atoms with Crippen LogP contribution in [0.25, 0.3) is 11.3 Å². The maximum absolute atomic E-state index is 5.68. The lowest BCUT2D eigenvalue weighted by Gasteiger charge is -2.33. The molecule has 1 fully saturated rings. The SMILES string of the molecule is CCCCc1ccc(NC2CCN(Cc3ccnc(-c4ccc(OC)c(OC)c4OC)c3)CC2)cc1. The van der Waals surface area contributed by atoms with E-state index in [4.69, 9.17) is 14.2 Å². The summed E-state index contributed by atoms with van der Waals surface area (Å²) in [5.41, 5.74) is 5.66. The first-order valence-electron chi connectivity index (χ1n) is 13.0. The minimum atomic E-state index is 0.520.